The topological polar surface area (TPSA) is 104 Å². The fourth-order valence-corrected chi connectivity index (χ4v) is 3.77. The van der Waals surface area contributed by atoms with Gasteiger partial charge < -0.3 is 15.4 Å². The molecule has 166 valence electrons. The number of aromatic nitrogens is 1. The predicted octanol–water partition coefficient (Wildman–Crippen LogP) is 4.56. The van der Waals surface area contributed by atoms with Crippen LogP contribution in [0.25, 0.3) is 0 Å². The number of ether oxygens (including phenoxy) is 1. The van der Waals surface area contributed by atoms with Crippen LogP contribution in [0.2, 0.25) is 0 Å². The second kappa shape index (κ2) is 12.1. The van der Waals surface area contributed by atoms with Crippen LogP contribution in [0.15, 0.2) is 35.7 Å². The molecule has 2 atom stereocenters. The highest BCUT2D eigenvalue weighted by atomic mass is 32.1. The Labute approximate surface area is 187 Å². The molecular formula is C23H30N4O3S. The highest BCUT2D eigenvalue weighted by molar-refractivity contribution is 7.10. The fourth-order valence-electron chi connectivity index (χ4n) is 3.10. The molecule has 2 unspecified atom stereocenters. The van der Waals surface area contributed by atoms with Gasteiger partial charge in [0.1, 0.15) is 18.7 Å². The van der Waals surface area contributed by atoms with Crippen molar-refractivity contribution in [3.8, 4) is 6.07 Å². The van der Waals surface area contributed by atoms with Crippen LogP contribution in [0, 0.1) is 23.2 Å². The van der Waals surface area contributed by atoms with E-state index in [4.69, 9.17) is 10.00 Å². The van der Waals surface area contributed by atoms with Crippen LogP contribution >= 0.6 is 11.3 Å². The monoisotopic (exact) mass is 442 g/mol. The van der Waals surface area contributed by atoms with Crippen LogP contribution in [0.4, 0.5) is 4.79 Å². The first-order valence-electron chi connectivity index (χ1n) is 10.4. The second-order valence-electron chi connectivity index (χ2n) is 8.27. The molecule has 1 aromatic carbocycles. The van der Waals surface area contributed by atoms with Crippen molar-refractivity contribution >= 4 is 23.3 Å². The molecule has 0 saturated heterocycles. The number of alkyl carbamates (subject to hydrolysis) is 1. The molecule has 1 aromatic heterocycles. The van der Waals surface area contributed by atoms with Crippen molar-refractivity contribution < 1.29 is 14.3 Å². The van der Waals surface area contributed by atoms with E-state index in [1.165, 1.54) is 11.3 Å². The lowest BCUT2D eigenvalue weighted by atomic mass is 9.99. The SMILES string of the molecule is CC(C)CC(NC(=O)OCc1ccccc1)C(=O)NC(CC(C)C)c1csc(C#N)n1. The lowest BCUT2D eigenvalue weighted by Gasteiger charge is -2.24. The fraction of sp³-hybridized carbons (Fsp3) is 0.478. The van der Waals surface area contributed by atoms with Crippen molar-refractivity contribution in [2.45, 2.75) is 59.2 Å². The van der Waals surface area contributed by atoms with E-state index in [0.29, 0.717) is 29.5 Å². The van der Waals surface area contributed by atoms with Gasteiger partial charge in [-0.25, -0.2) is 9.78 Å². The standard InChI is InChI=1S/C23H30N4O3S/c1-15(2)10-18(20-14-31-21(12-24)25-20)26-22(28)19(11-16(3)4)27-23(29)30-13-17-8-6-5-7-9-17/h5-9,14-16,18-19H,10-11,13H2,1-4H3,(H,26,28)(H,27,29). The molecule has 0 aliphatic carbocycles. The van der Waals surface area contributed by atoms with Crippen LogP contribution in [-0.2, 0) is 16.1 Å². The first-order chi connectivity index (χ1) is 14.8. The van der Waals surface area contributed by atoms with Crippen molar-refractivity contribution in [2.24, 2.45) is 11.8 Å². The average Bonchev–Trinajstić information content (AvgIpc) is 3.20. The van der Waals surface area contributed by atoms with E-state index in [9.17, 15) is 9.59 Å². The van der Waals surface area contributed by atoms with Gasteiger partial charge in [-0.15, -0.1) is 11.3 Å². The van der Waals surface area contributed by atoms with Crippen LogP contribution in [0.3, 0.4) is 0 Å². The van der Waals surface area contributed by atoms with Gasteiger partial charge in [0.15, 0.2) is 5.01 Å². The van der Waals surface area contributed by atoms with Crippen molar-refractivity contribution in [3.63, 3.8) is 0 Å². The number of hydrogen-bond donors (Lipinski definition) is 2. The molecule has 0 bridgehead atoms. The number of carbonyl (C=O) groups excluding carboxylic acids is 2. The Kier molecular flexibility index (Phi) is 9.47. The highest BCUT2D eigenvalue weighted by Gasteiger charge is 2.27. The maximum atomic E-state index is 13.1. The second-order valence-corrected chi connectivity index (χ2v) is 9.13. The summed E-state index contributed by atoms with van der Waals surface area (Å²) in [5, 5.41) is 16.9. The Morgan fingerprint density at radius 1 is 1.10 bits per heavy atom. The lowest BCUT2D eigenvalue weighted by molar-refractivity contribution is -0.124. The summed E-state index contributed by atoms with van der Waals surface area (Å²) in [6.07, 6.45) is 0.513. The molecule has 0 aliphatic rings. The van der Waals surface area contributed by atoms with Gasteiger partial charge in [0.25, 0.3) is 0 Å². The van der Waals surface area contributed by atoms with Gasteiger partial charge in [-0.2, -0.15) is 5.26 Å². The Morgan fingerprint density at radius 3 is 2.35 bits per heavy atom. The Hall–Kier alpha value is -2.92. The third kappa shape index (κ3) is 8.38. The molecule has 31 heavy (non-hydrogen) atoms. The zero-order valence-corrected chi connectivity index (χ0v) is 19.2. The number of hydrogen-bond acceptors (Lipinski definition) is 6. The molecule has 0 fully saturated rings. The molecule has 8 heteroatoms. The number of amides is 2. The average molecular weight is 443 g/mol. The molecule has 2 rings (SSSR count). The van der Waals surface area contributed by atoms with Gasteiger partial charge in [0, 0.05) is 5.38 Å². The van der Waals surface area contributed by atoms with Crippen molar-refractivity contribution in [1.29, 1.82) is 5.26 Å². The van der Waals surface area contributed by atoms with Gasteiger partial charge >= 0.3 is 6.09 Å². The molecule has 2 amide bonds. The normalized spacial score (nSPS) is 12.8. The smallest absolute Gasteiger partial charge is 0.408 e. The Bertz CT molecular complexity index is 890. The number of thiazole rings is 1. The van der Waals surface area contributed by atoms with Gasteiger partial charge in [-0.05, 0) is 30.2 Å². The Balaban J connectivity index is 2.05. The third-order valence-corrected chi connectivity index (χ3v) is 5.29. The summed E-state index contributed by atoms with van der Waals surface area (Å²) in [6, 6.07) is 10.3. The Morgan fingerprint density at radius 2 is 1.77 bits per heavy atom. The summed E-state index contributed by atoms with van der Waals surface area (Å²) in [5.41, 5.74) is 1.54. The maximum Gasteiger partial charge on any atom is 0.408 e. The summed E-state index contributed by atoms with van der Waals surface area (Å²) in [5.74, 6) is 0.214. The van der Waals surface area contributed by atoms with Crippen LogP contribution in [0.5, 0.6) is 0 Å². The van der Waals surface area contributed by atoms with Crippen LogP contribution in [0.1, 0.15) is 62.8 Å². The number of benzene rings is 1. The van der Waals surface area contributed by atoms with Crippen LogP contribution in [-0.4, -0.2) is 23.0 Å². The molecule has 2 aromatic rings. The molecule has 0 saturated carbocycles. The van der Waals surface area contributed by atoms with Crippen molar-refractivity contribution in [2.75, 3.05) is 0 Å². The highest BCUT2D eigenvalue weighted by Crippen LogP contribution is 2.23. The summed E-state index contributed by atoms with van der Waals surface area (Å²) >= 11 is 1.25. The number of nitrogens with zero attached hydrogens (tertiary/aromatic N) is 2. The minimum Gasteiger partial charge on any atom is -0.445 e. The van der Waals surface area contributed by atoms with Gasteiger partial charge in [-0.3, -0.25) is 4.79 Å². The molecule has 0 aliphatic heterocycles. The molecule has 7 nitrogen and oxygen atoms in total. The third-order valence-electron chi connectivity index (χ3n) is 4.53. The summed E-state index contributed by atoms with van der Waals surface area (Å²) in [7, 11) is 0. The van der Waals surface area contributed by atoms with Gasteiger partial charge in [-0.1, -0.05) is 58.0 Å². The largest absolute Gasteiger partial charge is 0.445 e. The first kappa shape index (κ1) is 24.4. The lowest BCUT2D eigenvalue weighted by Crippen LogP contribution is -2.48. The molecule has 0 spiro atoms. The number of nitrogens with one attached hydrogen (secondary N) is 2. The first-order valence-corrected chi connectivity index (χ1v) is 11.3. The zero-order valence-electron chi connectivity index (χ0n) is 18.4. The van der Waals surface area contributed by atoms with Crippen molar-refractivity contribution in [3.05, 3.63) is 52.0 Å². The van der Waals surface area contributed by atoms with E-state index in [1.807, 2.05) is 50.2 Å². The van der Waals surface area contributed by atoms with E-state index >= 15 is 0 Å². The van der Waals surface area contributed by atoms with E-state index in [1.54, 1.807) is 5.38 Å². The van der Waals surface area contributed by atoms with Gasteiger partial charge in [0.05, 0.1) is 11.7 Å². The quantitative estimate of drug-likeness (QED) is 0.561. The van der Waals surface area contributed by atoms with Crippen LogP contribution < -0.4 is 10.6 Å². The molecule has 1 heterocycles. The molecule has 0 radical (unpaired) electrons. The van der Waals surface area contributed by atoms with Gasteiger partial charge in [0.2, 0.25) is 5.91 Å². The number of rotatable bonds is 10. The number of nitriles is 1. The zero-order chi connectivity index (χ0) is 22.8. The summed E-state index contributed by atoms with van der Waals surface area (Å²) < 4.78 is 5.29. The minimum absolute atomic E-state index is 0.133. The summed E-state index contributed by atoms with van der Waals surface area (Å²) in [4.78, 5) is 29.7. The van der Waals surface area contributed by atoms with E-state index < -0.39 is 12.1 Å². The maximum absolute atomic E-state index is 13.1. The van der Waals surface area contributed by atoms with Crippen molar-refractivity contribution in [1.82, 2.24) is 15.6 Å². The van der Waals surface area contributed by atoms with E-state index in [2.05, 4.69) is 29.5 Å². The number of carbonyl (C=O) groups is 2. The predicted molar refractivity (Wildman–Crippen MR) is 120 cm³/mol. The van der Waals surface area contributed by atoms with E-state index in [-0.39, 0.29) is 24.5 Å². The minimum atomic E-state index is -0.730. The molecular weight excluding hydrogens is 412 g/mol. The van der Waals surface area contributed by atoms with E-state index in [0.717, 1.165) is 5.56 Å². The summed E-state index contributed by atoms with van der Waals surface area (Å²) in [6.45, 7) is 8.22. The molecule has 2 N–H and O–H groups in total.